The molecule has 58 heavy (non-hydrogen) atoms. The summed E-state index contributed by atoms with van der Waals surface area (Å²) < 4.78 is 11.2. The van der Waals surface area contributed by atoms with Crippen LogP contribution in [0.15, 0.2) is 0 Å². The van der Waals surface area contributed by atoms with Crippen molar-refractivity contribution in [1.29, 1.82) is 0 Å². The Balaban J connectivity index is 4.72. The van der Waals surface area contributed by atoms with Crippen LogP contribution in [0.1, 0.15) is 194 Å². The maximum Gasteiger partial charge on any atom is 0.328 e. The zero-order valence-corrected chi connectivity index (χ0v) is 37.1. The predicted octanol–water partition coefficient (Wildman–Crippen LogP) is 7.50. The molecule has 0 bridgehead atoms. The monoisotopic (exact) mass is 846 g/mol. The van der Waals surface area contributed by atoms with Gasteiger partial charge in [-0.1, -0.05) is 168 Å². The Morgan fingerprint density at radius 2 is 0.914 bits per heavy atom. The van der Waals surface area contributed by atoms with Crippen LogP contribution in [0.2, 0.25) is 0 Å². The molecule has 13 nitrogen and oxygen atoms in total. The molecule has 0 spiro atoms. The number of nitrogens with one attached hydrogen (secondary N) is 2. The maximum absolute atomic E-state index is 12.8. The molecule has 4 unspecified atom stereocenters. The van der Waals surface area contributed by atoms with Crippen molar-refractivity contribution in [1.82, 2.24) is 10.6 Å². The first-order chi connectivity index (χ1) is 28.1. The van der Waals surface area contributed by atoms with E-state index in [1.165, 1.54) is 134 Å². The van der Waals surface area contributed by atoms with Gasteiger partial charge in [0.25, 0.3) is 0 Å². The fraction of sp³-hybridized carbons (Fsp3) is 0.886. The van der Waals surface area contributed by atoms with E-state index in [0.29, 0.717) is 12.8 Å². The normalized spacial score (nSPS) is 13.3. The molecule has 0 aliphatic carbocycles. The molecule has 0 aromatic heterocycles. The van der Waals surface area contributed by atoms with Gasteiger partial charge in [0, 0.05) is 24.3 Å². The van der Waals surface area contributed by atoms with Gasteiger partial charge in [0.1, 0.15) is 24.8 Å². The third-order valence-electron chi connectivity index (χ3n) is 10.2. The average molecular weight is 846 g/mol. The van der Waals surface area contributed by atoms with Gasteiger partial charge < -0.3 is 41.2 Å². The van der Waals surface area contributed by atoms with Crippen LogP contribution in [0.5, 0.6) is 0 Å². The van der Waals surface area contributed by atoms with Gasteiger partial charge in [-0.15, -0.1) is 0 Å². The molecule has 0 aromatic rings. The quantitative estimate of drug-likeness (QED) is 0.0260. The van der Waals surface area contributed by atoms with Crippen LogP contribution in [0.3, 0.4) is 0 Å². The Bertz CT molecular complexity index is 1050. The number of thioether (sulfide) groups is 1. The number of amides is 2. The van der Waals surface area contributed by atoms with Crippen LogP contribution in [-0.2, 0) is 33.4 Å². The lowest BCUT2D eigenvalue weighted by Crippen LogP contribution is -2.56. The molecule has 0 radical (unpaired) electrons. The molecule has 0 aliphatic rings. The minimum Gasteiger partial charge on any atom is -0.480 e. The Morgan fingerprint density at radius 1 is 0.534 bits per heavy atom. The first-order valence-corrected chi connectivity index (χ1v) is 24.0. The number of nitrogens with two attached hydrogens (primary N) is 1. The smallest absolute Gasteiger partial charge is 0.328 e. The number of carboxylic acids is 1. The third kappa shape index (κ3) is 33.4. The number of unbranched alkanes of at least 4 members (excludes halogenated alkanes) is 24. The van der Waals surface area contributed by atoms with E-state index in [4.69, 9.17) is 25.4 Å². The second-order valence-electron chi connectivity index (χ2n) is 15.7. The summed E-state index contributed by atoms with van der Waals surface area (Å²) in [6.45, 7) is 2.67. The Hall–Kier alpha value is -2.42. The van der Waals surface area contributed by atoms with Crippen molar-refractivity contribution in [3.05, 3.63) is 0 Å². The zero-order valence-electron chi connectivity index (χ0n) is 36.3. The molecule has 0 aliphatic heterocycles. The van der Waals surface area contributed by atoms with Gasteiger partial charge in [0.15, 0.2) is 0 Å². The van der Waals surface area contributed by atoms with Crippen molar-refractivity contribution in [3.63, 3.8) is 0 Å². The third-order valence-corrected chi connectivity index (χ3v) is 11.5. The van der Waals surface area contributed by atoms with Crippen molar-refractivity contribution in [2.75, 3.05) is 31.3 Å². The van der Waals surface area contributed by atoms with Crippen LogP contribution in [-0.4, -0.2) is 101 Å². The second-order valence-corrected chi connectivity index (χ2v) is 16.8. The predicted molar refractivity (Wildman–Crippen MR) is 232 cm³/mol. The number of ether oxygens (including phenoxy) is 2. The van der Waals surface area contributed by atoms with Crippen LogP contribution in [0, 0.1) is 0 Å². The molecule has 0 saturated carbocycles. The Morgan fingerprint density at radius 3 is 1.31 bits per heavy atom. The fourth-order valence-corrected chi connectivity index (χ4v) is 7.49. The number of carbonyl (C=O) groups is 5. The van der Waals surface area contributed by atoms with Crippen molar-refractivity contribution in [3.8, 4) is 0 Å². The highest BCUT2D eigenvalue weighted by Crippen LogP contribution is 2.16. The Kier molecular flexibility index (Phi) is 38.3. The molecule has 7 N–H and O–H groups in total. The molecule has 0 aromatic carbocycles. The number of rotatable bonds is 42. The van der Waals surface area contributed by atoms with E-state index < -0.39 is 55.2 Å². The van der Waals surface area contributed by atoms with E-state index in [0.717, 1.165) is 38.5 Å². The zero-order chi connectivity index (χ0) is 43.1. The molecule has 340 valence electrons. The van der Waals surface area contributed by atoms with Crippen molar-refractivity contribution in [2.24, 2.45) is 5.73 Å². The van der Waals surface area contributed by atoms with Crippen LogP contribution in [0.4, 0.5) is 0 Å². The standard InChI is InChI=1S/C44H83N3O10S/c1-3-5-7-9-11-13-15-17-19-21-23-25-27-29-40(50)56-33-36(57-41(51)30-28-26-24-22-20-18-16-14-12-10-8-6-4-2)34-58-35-37(45)42(52)46-38(31-48)43(53)47-39(32-49)44(54)55/h36-39,48-49H,3-35,45H2,1-2H3,(H,46,52)(H,47,53)(H,54,55). The van der Waals surface area contributed by atoms with Crippen LogP contribution < -0.4 is 16.4 Å². The van der Waals surface area contributed by atoms with Gasteiger partial charge in [-0.25, -0.2) is 4.79 Å². The summed E-state index contributed by atoms with van der Waals surface area (Å²) in [6, 6.07) is -4.21. The lowest BCUT2D eigenvalue weighted by atomic mass is 10.0. The van der Waals surface area contributed by atoms with Gasteiger partial charge in [0.05, 0.1) is 19.3 Å². The lowest BCUT2D eigenvalue weighted by molar-refractivity contribution is -0.157. The summed E-state index contributed by atoms with van der Waals surface area (Å²) in [7, 11) is 0. The lowest BCUT2D eigenvalue weighted by Gasteiger charge is -2.21. The van der Waals surface area contributed by atoms with E-state index >= 15 is 0 Å². The molecule has 0 heterocycles. The van der Waals surface area contributed by atoms with Crippen LogP contribution in [0.25, 0.3) is 0 Å². The highest BCUT2D eigenvalue weighted by atomic mass is 32.2. The van der Waals surface area contributed by atoms with E-state index in [-0.39, 0.29) is 36.5 Å². The summed E-state index contributed by atoms with van der Waals surface area (Å²) in [5.41, 5.74) is 6.03. The summed E-state index contributed by atoms with van der Waals surface area (Å²) >= 11 is 1.21. The SMILES string of the molecule is CCCCCCCCCCCCCCCC(=O)OCC(CSCC(N)C(=O)NC(CO)C(=O)NC(CO)C(=O)O)OC(=O)CCCCCCCCCCCCCCC. The summed E-state index contributed by atoms with van der Waals surface area (Å²) in [5.74, 6) is -3.69. The highest BCUT2D eigenvalue weighted by molar-refractivity contribution is 7.99. The van der Waals surface area contributed by atoms with Gasteiger partial charge in [-0.3, -0.25) is 19.2 Å². The number of aliphatic hydroxyl groups excluding tert-OH is 2. The minimum absolute atomic E-state index is 0.0554. The molecule has 14 heteroatoms. The minimum atomic E-state index is -1.60. The number of carbonyl (C=O) groups excluding carboxylic acids is 4. The fourth-order valence-electron chi connectivity index (χ4n) is 6.53. The number of hydrogen-bond donors (Lipinski definition) is 6. The molecule has 0 saturated heterocycles. The van der Waals surface area contributed by atoms with Gasteiger partial charge in [-0.05, 0) is 12.8 Å². The van der Waals surface area contributed by atoms with E-state index in [2.05, 4.69) is 19.2 Å². The first kappa shape index (κ1) is 55.6. The number of carboxylic acid groups (broad SMARTS) is 1. The van der Waals surface area contributed by atoms with Gasteiger partial charge in [-0.2, -0.15) is 11.8 Å². The first-order valence-electron chi connectivity index (χ1n) is 22.8. The van der Waals surface area contributed by atoms with Crippen molar-refractivity contribution < 1.29 is 48.8 Å². The molecule has 0 fully saturated rings. The highest BCUT2D eigenvalue weighted by Gasteiger charge is 2.27. The van der Waals surface area contributed by atoms with E-state index in [9.17, 15) is 29.1 Å². The number of aliphatic hydroxyl groups is 2. The largest absolute Gasteiger partial charge is 0.480 e. The molecule has 2 amide bonds. The van der Waals surface area contributed by atoms with Crippen molar-refractivity contribution >= 4 is 41.5 Å². The molecular weight excluding hydrogens is 763 g/mol. The molecule has 0 rings (SSSR count). The summed E-state index contributed by atoms with van der Waals surface area (Å²) in [4.78, 5) is 61.5. The number of hydrogen-bond acceptors (Lipinski definition) is 11. The molecule has 4 atom stereocenters. The van der Waals surface area contributed by atoms with Gasteiger partial charge >= 0.3 is 17.9 Å². The average Bonchev–Trinajstić information content (AvgIpc) is 3.20. The topological polar surface area (TPSA) is 215 Å². The molecular formula is C44H83N3O10S. The van der Waals surface area contributed by atoms with Crippen LogP contribution >= 0.6 is 11.8 Å². The number of aliphatic carboxylic acids is 1. The maximum atomic E-state index is 12.8. The van der Waals surface area contributed by atoms with E-state index in [1.54, 1.807) is 0 Å². The van der Waals surface area contributed by atoms with E-state index in [1.807, 2.05) is 5.32 Å². The van der Waals surface area contributed by atoms with Gasteiger partial charge in [0.2, 0.25) is 11.8 Å². The second kappa shape index (κ2) is 40.0. The summed E-state index contributed by atoms with van der Waals surface area (Å²) in [5, 5.41) is 32.1. The van der Waals surface area contributed by atoms with Crippen molar-refractivity contribution in [2.45, 2.75) is 218 Å². The summed E-state index contributed by atoms with van der Waals surface area (Å²) in [6.07, 6.45) is 31.1. The number of esters is 2. The Labute approximate surface area is 354 Å².